The van der Waals surface area contributed by atoms with Gasteiger partial charge in [0.05, 0.1) is 0 Å². The van der Waals surface area contributed by atoms with Crippen molar-refractivity contribution in [3.8, 4) is 0 Å². The third kappa shape index (κ3) is 3.85. The molecule has 2 atom stereocenters. The summed E-state index contributed by atoms with van der Waals surface area (Å²) in [5.41, 5.74) is 0. The molecule has 0 spiro atoms. The second-order valence-corrected chi connectivity index (χ2v) is 5.06. The van der Waals surface area contributed by atoms with Crippen molar-refractivity contribution >= 4 is 24.2 Å². The number of carbonyl (C=O) groups is 2. The number of nitrogens with one attached hydrogen (secondary N) is 2. The monoisotopic (exact) mass is 275 g/mol. The highest BCUT2D eigenvalue weighted by molar-refractivity contribution is 5.87. The molecule has 18 heavy (non-hydrogen) atoms. The molecule has 104 valence electrons. The molecule has 2 unspecified atom stereocenters. The van der Waals surface area contributed by atoms with Crippen LogP contribution in [0.4, 0.5) is 0 Å². The van der Waals surface area contributed by atoms with Gasteiger partial charge in [-0.15, -0.1) is 12.4 Å². The van der Waals surface area contributed by atoms with E-state index in [0.717, 1.165) is 32.4 Å². The number of nitrogens with zero attached hydrogens (tertiary/aromatic N) is 1. The molecule has 2 heterocycles. The lowest BCUT2D eigenvalue weighted by atomic mass is 9.95. The fourth-order valence-electron chi connectivity index (χ4n) is 2.46. The minimum absolute atomic E-state index is 0. The van der Waals surface area contributed by atoms with Crippen molar-refractivity contribution < 1.29 is 9.59 Å². The molecule has 2 amide bonds. The molecule has 2 aliphatic heterocycles. The summed E-state index contributed by atoms with van der Waals surface area (Å²) < 4.78 is 0. The number of hydrogen-bond donors (Lipinski definition) is 2. The molecule has 5 nitrogen and oxygen atoms in total. The number of carbonyl (C=O) groups excluding carboxylic acids is 2. The van der Waals surface area contributed by atoms with Gasteiger partial charge < -0.3 is 15.5 Å². The Kier molecular flexibility index (Phi) is 5.88. The summed E-state index contributed by atoms with van der Waals surface area (Å²) in [5.74, 6) is 0.0129. The van der Waals surface area contributed by atoms with Crippen LogP contribution in [0.3, 0.4) is 0 Å². The molecule has 2 rings (SSSR count). The quantitative estimate of drug-likeness (QED) is 0.754. The lowest BCUT2D eigenvalue weighted by Crippen LogP contribution is -2.49. The molecule has 0 saturated carbocycles. The Morgan fingerprint density at radius 3 is 2.83 bits per heavy atom. The lowest BCUT2D eigenvalue weighted by Gasteiger charge is -2.30. The zero-order valence-electron chi connectivity index (χ0n) is 10.8. The van der Waals surface area contributed by atoms with E-state index in [0.29, 0.717) is 13.0 Å². The maximum atomic E-state index is 12.0. The van der Waals surface area contributed by atoms with Crippen molar-refractivity contribution in [2.24, 2.45) is 5.92 Å². The number of halogens is 1. The normalized spacial score (nSPS) is 28.5. The molecule has 2 fully saturated rings. The van der Waals surface area contributed by atoms with E-state index in [1.165, 1.54) is 0 Å². The largest absolute Gasteiger partial charge is 0.352 e. The van der Waals surface area contributed by atoms with Crippen molar-refractivity contribution in [3.05, 3.63) is 0 Å². The van der Waals surface area contributed by atoms with Crippen LogP contribution >= 0.6 is 12.4 Å². The van der Waals surface area contributed by atoms with Crippen molar-refractivity contribution in [2.75, 3.05) is 26.7 Å². The summed E-state index contributed by atoms with van der Waals surface area (Å²) >= 11 is 0. The lowest BCUT2D eigenvalue weighted by molar-refractivity contribution is -0.139. The van der Waals surface area contributed by atoms with E-state index in [1.807, 2.05) is 0 Å². The van der Waals surface area contributed by atoms with E-state index in [2.05, 4.69) is 10.6 Å². The van der Waals surface area contributed by atoms with Crippen LogP contribution in [0.25, 0.3) is 0 Å². The molecule has 0 aromatic heterocycles. The average molecular weight is 276 g/mol. The fourth-order valence-corrected chi connectivity index (χ4v) is 2.46. The van der Waals surface area contributed by atoms with E-state index in [4.69, 9.17) is 0 Å². The van der Waals surface area contributed by atoms with Crippen LogP contribution < -0.4 is 10.6 Å². The summed E-state index contributed by atoms with van der Waals surface area (Å²) in [6.07, 6.45) is 3.30. The molecule has 0 aliphatic carbocycles. The van der Waals surface area contributed by atoms with Gasteiger partial charge in [0, 0.05) is 38.5 Å². The zero-order valence-corrected chi connectivity index (χ0v) is 11.6. The van der Waals surface area contributed by atoms with Gasteiger partial charge in [0.1, 0.15) is 0 Å². The van der Waals surface area contributed by atoms with Crippen molar-refractivity contribution in [1.82, 2.24) is 15.5 Å². The van der Waals surface area contributed by atoms with Gasteiger partial charge >= 0.3 is 0 Å². The third-order valence-corrected chi connectivity index (χ3v) is 3.67. The van der Waals surface area contributed by atoms with E-state index in [1.54, 1.807) is 11.9 Å². The van der Waals surface area contributed by atoms with Gasteiger partial charge in [0.15, 0.2) is 0 Å². The fraction of sp³-hybridized carbons (Fsp3) is 0.833. The summed E-state index contributed by atoms with van der Waals surface area (Å²) in [6, 6.07) is 0.242. The summed E-state index contributed by atoms with van der Waals surface area (Å²) in [4.78, 5) is 25.2. The van der Waals surface area contributed by atoms with Crippen LogP contribution in [-0.4, -0.2) is 49.4 Å². The van der Waals surface area contributed by atoms with Gasteiger partial charge in [0.2, 0.25) is 11.8 Å². The first-order valence-electron chi connectivity index (χ1n) is 6.42. The second-order valence-electron chi connectivity index (χ2n) is 5.06. The molecule has 2 aliphatic rings. The minimum atomic E-state index is -0.124. The van der Waals surface area contributed by atoms with Crippen LogP contribution in [0.5, 0.6) is 0 Å². The Morgan fingerprint density at radius 1 is 1.44 bits per heavy atom. The Bertz CT molecular complexity index is 306. The number of hydrogen-bond acceptors (Lipinski definition) is 3. The van der Waals surface area contributed by atoms with Gasteiger partial charge in [-0.05, 0) is 25.8 Å². The first kappa shape index (κ1) is 15.2. The highest BCUT2D eigenvalue weighted by atomic mass is 35.5. The topological polar surface area (TPSA) is 61.4 Å². The van der Waals surface area contributed by atoms with E-state index in [9.17, 15) is 9.59 Å². The van der Waals surface area contributed by atoms with Gasteiger partial charge in [-0.25, -0.2) is 0 Å². The molecule has 6 heteroatoms. The Morgan fingerprint density at radius 2 is 2.22 bits per heavy atom. The standard InChI is InChI=1S/C12H21N3O2.ClH/c1-15-6-4-9(7-11(15)16)12(17)14-10-3-2-5-13-8-10;/h9-10,13H,2-8H2,1H3,(H,14,17);1H. The molecular formula is C12H22ClN3O2. The van der Waals surface area contributed by atoms with Gasteiger partial charge in [0.25, 0.3) is 0 Å². The van der Waals surface area contributed by atoms with Gasteiger partial charge in [-0.1, -0.05) is 0 Å². The first-order valence-corrected chi connectivity index (χ1v) is 6.42. The molecule has 0 bridgehead atoms. The number of likely N-dealkylation sites (tertiary alicyclic amines) is 1. The van der Waals surface area contributed by atoms with E-state index >= 15 is 0 Å². The van der Waals surface area contributed by atoms with Crippen LogP contribution in [0, 0.1) is 5.92 Å². The van der Waals surface area contributed by atoms with Crippen LogP contribution in [0.1, 0.15) is 25.7 Å². The second kappa shape index (κ2) is 6.95. The number of amides is 2. The number of piperidine rings is 2. The maximum absolute atomic E-state index is 12.0. The SMILES string of the molecule is CN1CCC(C(=O)NC2CCCNC2)CC1=O.Cl. The molecule has 2 N–H and O–H groups in total. The summed E-state index contributed by atoms with van der Waals surface area (Å²) in [7, 11) is 1.79. The maximum Gasteiger partial charge on any atom is 0.223 e. The highest BCUT2D eigenvalue weighted by Crippen LogP contribution is 2.17. The Balaban J connectivity index is 0.00000162. The zero-order chi connectivity index (χ0) is 12.3. The van der Waals surface area contributed by atoms with Gasteiger partial charge in [-0.3, -0.25) is 9.59 Å². The van der Waals surface area contributed by atoms with Crippen LogP contribution in [0.2, 0.25) is 0 Å². The predicted molar refractivity (Wildman–Crippen MR) is 71.6 cm³/mol. The predicted octanol–water partition coefficient (Wildman–Crippen LogP) is 0.145. The van der Waals surface area contributed by atoms with Crippen molar-refractivity contribution in [2.45, 2.75) is 31.7 Å². The third-order valence-electron chi connectivity index (χ3n) is 3.67. The number of rotatable bonds is 2. The van der Waals surface area contributed by atoms with Crippen LogP contribution in [0.15, 0.2) is 0 Å². The Hall–Kier alpha value is -0.810. The van der Waals surface area contributed by atoms with Crippen LogP contribution in [-0.2, 0) is 9.59 Å². The molecule has 0 radical (unpaired) electrons. The summed E-state index contributed by atoms with van der Waals surface area (Å²) in [5, 5.41) is 6.32. The minimum Gasteiger partial charge on any atom is -0.352 e. The van der Waals surface area contributed by atoms with E-state index in [-0.39, 0.29) is 36.2 Å². The van der Waals surface area contributed by atoms with Crippen molar-refractivity contribution in [3.63, 3.8) is 0 Å². The molecule has 2 saturated heterocycles. The smallest absolute Gasteiger partial charge is 0.223 e. The summed E-state index contributed by atoms with van der Waals surface area (Å²) in [6.45, 7) is 2.59. The molecule has 0 aromatic rings. The Labute approximate surface area is 114 Å². The van der Waals surface area contributed by atoms with Gasteiger partial charge in [-0.2, -0.15) is 0 Å². The van der Waals surface area contributed by atoms with E-state index < -0.39 is 0 Å². The average Bonchev–Trinajstić information content (AvgIpc) is 2.34. The first-order chi connectivity index (χ1) is 8.16. The molecule has 0 aromatic carbocycles. The molecular weight excluding hydrogens is 254 g/mol. The highest BCUT2D eigenvalue weighted by Gasteiger charge is 2.29. The van der Waals surface area contributed by atoms with Crippen molar-refractivity contribution in [1.29, 1.82) is 0 Å².